The number of esters is 1. The number of thioether (sulfide) groups is 1. The predicted molar refractivity (Wildman–Crippen MR) is 72.1 cm³/mol. The first-order chi connectivity index (χ1) is 8.02. The molecule has 94 valence electrons. The average Bonchev–Trinajstić information content (AvgIpc) is 2.26. The van der Waals surface area contributed by atoms with Crippen LogP contribution in [0.4, 0.5) is 0 Å². The Bertz CT molecular complexity index is 373. The van der Waals surface area contributed by atoms with Gasteiger partial charge in [-0.3, -0.25) is 4.79 Å². The minimum absolute atomic E-state index is 0.349. The predicted octanol–water partition coefficient (Wildman–Crippen LogP) is 2.04. The molecule has 0 aromatic heterocycles. The number of rotatable bonds is 5. The molecule has 1 unspecified atom stereocenters. The Morgan fingerprint density at radius 1 is 1.35 bits per heavy atom. The van der Waals surface area contributed by atoms with Crippen molar-refractivity contribution >= 4 is 17.7 Å². The Morgan fingerprint density at radius 2 is 1.94 bits per heavy atom. The quantitative estimate of drug-likeness (QED) is 0.816. The molecular weight excluding hydrogens is 234 g/mol. The van der Waals surface area contributed by atoms with Crippen molar-refractivity contribution < 1.29 is 9.53 Å². The van der Waals surface area contributed by atoms with Crippen LogP contribution in [0.25, 0.3) is 0 Å². The molecule has 0 spiro atoms. The Balaban J connectivity index is 2.43. The second kappa shape index (κ2) is 6.67. The molecule has 3 nitrogen and oxygen atoms in total. The van der Waals surface area contributed by atoms with Gasteiger partial charge in [-0.2, -0.15) is 11.8 Å². The molecule has 0 amide bonds. The highest BCUT2D eigenvalue weighted by molar-refractivity contribution is 7.98. The first-order valence-corrected chi connectivity index (χ1v) is 6.66. The van der Waals surface area contributed by atoms with E-state index in [1.54, 1.807) is 11.8 Å². The fourth-order valence-electron chi connectivity index (χ4n) is 1.68. The maximum Gasteiger partial charge on any atom is 0.323 e. The number of hydrogen-bond acceptors (Lipinski definition) is 4. The van der Waals surface area contributed by atoms with Crippen molar-refractivity contribution in [2.45, 2.75) is 25.6 Å². The van der Waals surface area contributed by atoms with Crippen LogP contribution in [0.2, 0.25) is 0 Å². The topological polar surface area (TPSA) is 52.3 Å². The van der Waals surface area contributed by atoms with Crippen LogP contribution in [0, 0.1) is 13.8 Å². The van der Waals surface area contributed by atoms with Crippen LogP contribution in [0.5, 0.6) is 0 Å². The Kier molecular flexibility index (Phi) is 5.51. The molecule has 0 aliphatic carbocycles. The van der Waals surface area contributed by atoms with Crippen LogP contribution in [-0.4, -0.2) is 24.9 Å². The van der Waals surface area contributed by atoms with Crippen molar-refractivity contribution in [3.8, 4) is 0 Å². The first kappa shape index (κ1) is 14.1. The SMILES string of the molecule is COC(=O)C(N)CSCc1cc(C)cc(C)c1. The molecule has 0 radical (unpaired) electrons. The largest absolute Gasteiger partial charge is 0.468 e. The van der Waals surface area contributed by atoms with E-state index >= 15 is 0 Å². The number of carbonyl (C=O) groups excluding carboxylic acids is 1. The number of ether oxygens (including phenoxy) is 1. The van der Waals surface area contributed by atoms with Gasteiger partial charge >= 0.3 is 5.97 Å². The second-order valence-corrected chi connectivity index (χ2v) is 5.17. The summed E-state index contributed by atoms with van der Waals surface area (Å²) in [6.07, 6.45) is 0. The summed E-state index contributed by atoms with van der Waals surface area (Å²) in [5.41, 5.74) is 9.45. The van der Waals surface area contributed by atoms with Crippen molar-refractivity contribution in [3.63, 3.8) is 0 Å². The number of carbonyl (C=O) groups is 1. The van der Waals surface area contributed by atoms with E-state index in [0.717, 1.165) is 5.75 Å². The Hall–Kier alpha value is -1.00. The van der Waals surface area contributed by atoms with Crippen LogP contribution in [0.1, 0.15) is 16.7 Å². The fraction of sp³-hybridized carbons (Fsp3) is 0.462. The minimum Gasteiger partial charge on any atom is -0.468 e. The van der Waals surface area contributed by atoms with E-state index in [4.69, 9.17) is 5.73 Å². The summed E-state index contributed by atoms with van der Waals surface area (Å²) in [6, 6.07) is 5.93. The molecule has 1 aromatic rings. The number of hydrogen-bond donors (Lipinski definition) is 1. The maximum atomic E-state index is 11.1. The van der Waals surface area contributed by atoms with Gasteiger partial charge in [-0.25, -0.2) is 0 Å². The van der Waals surface area contributed by atoms with Gasteiger partial charge in [0.25, 0.3) is 0 Å². The average molecular weight is 253 g/mol. The Morgan fingerprint density at radius 3 is 2.47 bits per heavy atom. The van der Waals surface area contributed by atoms with Crippen molar-refractivity contribution in [3.05, 3.63) is 34.9 Å². The molecule has 1 aromatic carbocycles. The van der Waals surface area contributed by atoms with E-state index in [9.17, 15) is 4.79 Å². The van der Waals surface area contributed by atoms with Crippen LogP contribution in [0.3, 0.4) is 0 Å². The first-order valence-electron chi connectivity index (χ1n) is 5.51. The van der Waals surface area contributed by atoms with Gasteiger partial charge in [0, 0.05) is 11.5 Å². The molecule has 0 aliphatic rings. The van der Waals surface area contributed by atoms with Gasteiger partial charge in [0.05, 0.1) is 7.11 Å². The number of nitrogens with two attached hydrogens (primary N) is 1. The van der Waals surface area contributed by atoms with E-state index in [0.29, 0.717) is 5.75 Å². The molecule has 0 saturated heterocycles. The summed E-state index contributed by atoms with van der Waals surface area (Å²) in [6.45, 7) is 4.17. The van der Waals surface area contributed by atoms with Crippen LogP contribution in [-0.2, 0) is 15.3 Å². The summed E-state index contributed by atoms with van der Waals surface area (Å²) in [4.78, 5) is 11.1. The van der Waals surface area contributed by atoms with Crippen molar-refractivity contribution in [2.75, 3.05) is 12.9 Å². The van der Waals surface area contributed by atoms with Gasteiger partial charge in [-0.15, -0.1) is 0 Å². The Labute approximate surface area is 107 Å². The molecule has 1 atom stereocenters. The van der Waals surface area contributed by atoms with Crippen LogP contribution in [0.15, 0.2) is 18.2 Å². The van der Waals surface area contributed by atoms with Gasteiger partial charge in [-0.05, 0) is 19.4 Å². The zero-order valence-corrected chi connectivity index (χ0v) is 11.3. The highest BCUT2D eigenvalue weighted by Gasteiger charge is 2.13. The zero-order chi connectivity index (χ0) is 12.8. The number of aryl methyl sites for hydroxylation is 2. The maximum absolute atomic E-state index is 11.1. The van der Waals surface area contributed by atoms with Crippen molar-refractivity contribution in [1.29, 1.82) is 0 Å². The van der Waals surface area contributed by atoms with Crippen LogP contribution >= 0.6 is 11.8 Å². The fourth-order valence-corrected chi connectivity index (χ4v) is 2.59. The van der Waals surface area contributed by atoms with E-state index in [1.807, 2.05) is 0 Å². The summed E-state index contributed by atoms with van der Waals surface area (Å²) < 4.78 is 4.58. The molecule has 0 saturated carbocycles. The van der Waals surface area contributed by atoms with E-state index in [2.05, 4.69) is 36.8 Å². The molecule has 1 rings (SSSR count). The molecule has 0 aliphatic heterocycles. The third-order valence-corrected chi connectivity index (χ3v) is 3.48. The van der Waals surface area contributed by atoms with E-state index in [1.165, 1.54) is 23.8 Å². The molecule has 0 heterocycles. The highest BCUT2D eigenvalue weighted by atomic mass is 32.2. The lowest BCUT2D eigenvalue weighted by atomic mass is 10.1. The third kappa shape index (κ3) is 4.79. The van der Waals surface area contributed by atoms with Crippen molar-refractivity contribution in [1.82, 2.24) is 0 Å². The van der Waals surface area contributed by atoms with Crippen molar-refractivity contribution in [2.24, 2.45) is 5.73 Å². The molecule has 4 heteroatoms. The minimum atomic E-state index is -0.532. The zero-order valence-electron chi connectivity index (χ0n) is 10.5. The van der Waals surface area contributed by atoms with Crippen LogP contribution < -0.4 is 5.73 Å². The highest BCUT2D eigenvalue weighted by Crippen LogP contribution is 2.16. The molecule has 0 fully saturated rings. The molecule has 2 N–H and O–H groups in total. The summed E-state index contributed by atoms with van der Waals surface area (Å²) >= 11 is 1.65. The monoisotopic (exact) mass is 253 g/mol. The number of methoxy groups -OCH3 is 1. The van der Waals surface area contributed by atoms with Gasteiger partial charge in [0.2, 0.25) is 0 Å². The smallest absolute Gasteiger partial charge is 0.323 e. The van der Waals surface area contributed by atoms with Gasteiger partial charge in [0.15, 0.2) is 0 Å². The standard InChI is InChI=1S/C13H19NO2S/c1-9-4-10(2)6-11(5-9)7-17-8-12(14)13(15)16-3/h4-6,12H,7-8,14H2,1-3H3. The summed E-state index contributed by atoms with van der Waals surface area (Å²) in [5, 5.41) is 0. The molecule has 0 bridgehead atoms. The summed E-state index contributed by atoms with van der Waals surface area (Å²) in [5.74, 6) is 1.10. The lowest BCUT2D eigenvalue weighted by Gasteiger charge is -2.09. The van der Waals surface area contributed by atoms with Gasteiger partial charge in [-0.1, -0.05) is 29.3 Å². The normalized spacial score (nSPS) is 12.2. The third-order valence-electron chi connectivity index (χ3n) is 2.35. The second-order valence-electron chi connectivity index (χ2n) is 4.14. The van der Waals surface area contributed by atoms with Gasteiger partial charge in [0.1, 0.15) is 6.04 Å². The summed E-state index contributed by atoms with van der Waals surface area (Å²) in [7, 11) is 1.36. The van der Waals surface area contributed by atoms with E-state index < -0.39 is 6.04 Å². The number of benzene rings is 1. The van der Waals surface area contributed by atoms with E-state index in [-0.39, 0.29) is 5.97 Å². The van der Waals surface area contributed by atoms with Gasteiger partial charge < -0.3 is 10.5 Å². The lowest BCUT2D eigenvalue weighted by molar-refractivity contribution is -0.141. The molecular formula is C13H19NO2S. The lowest BCUT2D eigenvalue weighted by Crippen LogP contribution is -2.33. The molecule has 17 heavy (non-hydrogen) atoms.